The molecule has 0 heterocycles. The molecule has 0 fully saturated rings. The molecule has 30 nitrogen and oxygen atoms in total. The normalized spacial score (nSPS) is 13.3. The fourth-order valence-electron chi connectivity index (χ4n) is 5.24. The van der Waals surface area contributed by atoms with Crippen molar-refractivity contribution >= 4 is 124 Å². The molecule has 0 saturated heterocycles. The van der Waals surface area contributed by atoms with Crippen molar-refractivity contribution < 1.29 is 87.0 Å². The van der Waals surface area contributed by atoms with Crippen LogP contribution in [0.25, 0.3) is 0 Å². The van der Waals surface area contributed by atoms with Gasteiger partial charge in [-0.15, -0.1) is 20.5 Å². The summed E-state index contributed by atoms with van der Waals surface area (Å²) in [6.07, 6.45) is 0. The molecule has 0 aliphatic heterocycles. The average molecular weight is 1090 g/mol. The number of benzene rings is 5. The number of hydrogen-bond acceptors (Lipinski definition) is 25. The summed E-state index contributed by atoms with van der Waals surface area (Å²) in [5.41, 5.74) is 6.95. The third kappa shape index (κ3) is 14.5. The number of nitrogens with two attached hydrogens (primary N) is 2. The van der Waals surface area contributed by atoms with E-state index in [2.05, 4.69) is 49.3 Å². The number of carboxylic acid groups (broad SMARTS) is 1. The average Bonchev–Trinajstić information content (AvgIpc) is 3.26. The second-order valence-corrected chi connectivity index (χ2v) is 22.3. The Morgan fingerprint density at radius 1 is 0.471 bits per heavy atom. The molecule has 5 rings (SSSR count). The minimum absolute atomic E-state index is 0.0336. The molecule has 372 valence electrons. The smallest absolute Gasteiger partial charge is 0.398 e. The van der Waals surface area contributed by atoms with E-state index in [0.29, 0.717) is 0 Å². The quantitative estimate of drug-likeness (QED) is 0.0273. The molecule has 0 radical (unpaired) electrons. The largest absolute Gasteiger partial charge is 0.478 e. The Hall–Kier alpha value is -6.97. The SMILES string of the molecule is Nc1c(N=Nc2ccc(S(=O)(=O)CCOS(=O)(=O)O)cc2)c(N)c(N=Nc2ccc(N=Nc3ccc(S(=O)(=O)O)cc3)cc2S(=O)(=O)O)c(C(=O)O)c1N=Nc1ccc(S(=O)(=O)COS(=O)(=O)O)cc1. The van der Waals surface area contributed by atoms with Crippen molar-refractivity contribution in [3.63, 3.8) is 0 Å². The van der Waals surface area contributed by atoms with Gasteiger partial charge in [-0.1, -0.05) is 0 Å². The van der Waals surface area contributed by atoms with E-state index >= 15 is 0 Å². The molecule has 0 aliphatic carbocycles. The first-order valence-corrected chi connectivity index (χ1v) is 27.0. The Balaban J connectivity index is 1.61. The number of hydrogen-bond donors (Lipinski definition) is 7. The zero-order chi connectivity index (χ0) is 52.0. The highest BCUT2D eigenvalue weighted by molar-refractivity contribution is 7.92. The molecule has 0 aromatic heterocycles. The summed E-state index contributed by atoms with van der Waals surface area (Å²) >= 11 is 0. The maximum atomic E-state index is 12.9. The van der Waals surface area contributed by atoms with Crippen molar-refractivity contribution in [2.24, 2.45) is 40.9 Å². The molecule has 0 atom stereocenters. The van der Waals surface area contributed by atoms with Crippen molar-refractivity contribution in [2.75, 3.05) is 29.8 Å². The van der Waals surface area contributed by atoms with Crippen LogP contribution >= 0.6 is 0 Å². The van der Waals surface area contributed by atoms with E-state index in [1.165, 1.54) is 0 Å². The maximum absolute atomic E-state index is 12.9. The summed E-state index contributed by atoms with van der Waals surface area (Å²) in [6.45, 7) is -0.926. The summed E-state index contributed by atoms with van der Waals surface area (Å²) in [7, 11) is -28.5. The number of carbonyl (C=O) groups is 1. The van der Waals surface area contributed by atoms with Crippen LogP contribution < -0.4 is 11.5 Å². The second-order valence-electron chi connectivity index (χ2n) is 13.3. The number of nitrogen functional groups attached to an aromatic ring is 2. The minimum atomic E-state index is -5.19. The summed E-state index contributed by atoms with van der Waals surface area (Å²) in [6, 6.07) is 15.3. The van der Waals surface area contributed by atoms with Crippen LogP contribution in [0.5, 0.6) is 0 Å². The minimum Gasteiger partial charge on any atom is -0.478 e. The molecule has 0 aliphatic rings. The van der Waals surface area contributed by atoms with E-state index in [1.807, 2.05) is 0 Å². The zero-order valence-corrected chi connectivity index (χ0v) is 39.2. The Bertz CT molecular complexity index is 3690. The number of azo groups is 4. The molecule has 9 N–H and O–H groups in total. The number of aromatic carboxylic acids is 1. The van der Waals surface area contributed by atoms with Gasteiger partial charge in [0, 0.05) is 0 Å². The summed E-state index contributed by atoms with van der Waals surface area (Å²) < 4.78 is 186. The molecule has 0 bridgehead atoms. The second kappa shape index (κ2) is 20.9. The monoisotopic (exact) mass is 1090 g/mol. The van der Waals surface area contributed by atoms with Gasteiger partial charge in [0.25, 0.3) is 20.2 Å². The van der Waals surface area contributed by atoms with Crippen molar-refractivity contribution in [1.82, 2.24) is 0 Å². The third-order valence-corrected chi connectivity index (χ3v) is 14.4. The van der Waals surface area contributed by atoms with Gasteiger partial charge >= 0.3 is 26.8 Å². The Kier molecular flexibility index (Phi) is 16.2. The van der Waals surface area contributed by atoms with E-state index in [0.717, 1.165) is 91.0 Å². The predicted molar refractivity (Wildman–Crippen MR) is 239 cm³/mol. The molecule has 0 spiro atoms. The fraction of sp³-hybridized carbons (Fsp3) is 0.0882. The number of anilines is 2. The van der Waals surface area contributed by atoms with Crippen LogP contribution in [-0.4, -0.2) is 98.1 Å². The summed E-state index contributed by atoms with van der Waals surface area (Å²) in [5.74, 6) is -4.22. The van der Waals surface area contributed by atoms with Gasteiger partial charge in [-0.3, -0.25) is 18.2 Å². The lowest BCUT2D eigenvalue weighted by Gasteiger charge is -2.13. The van der Waals surface area contributed by atoms with E-state index in [1.54, 1.807) is 0 Å². The summed E-state index contributed by atoms with van der Waals surface area (Å²) in [5, 5.41) is 41.3. The van der Waals surface area contributed by atoms with Crippen molar-refractivity contribution in [1.29, 1.82) is 0 Å². The Morgan fingerprint density at radius 3 is 1.31 bits per heavy atom. The van der Waals surface area contributed by atoms with E-state index in [9.17, 15) is 69.5 Å². The molecular formula is C34H30N10O20S6. The van der Waals surface area contributed by atoms with Gasteiger partial charge in [0.1, 0.15) is 33.2 Å². The van der Waals surface area contributed by atoms with Crippen LogP contribution in [-0.2, 0) is 69.1 Å². The first-order chi connectivity index (χ1) is 32.3. The molecule has 0 unspecified atom stereocenters. The van der Waals surface area contributed by atoms with Gasteiger partial charge in [-0.05, 0) is 91.0 Å². The van der Waals surface area contributed by atoms with Gasteiger partial charge in [-0.25, -0.2) is 30.0 Å². The van der Waals surface area contributed by atoms with Crippen LogP contribution in [0.2, 0.25) is 0 Å². The van der Waals surface area contributed by atoms with E-state index in [-0.39, 0.29) is 27.6 Å². The highest BCUT2D eigenvalue weighted by atomic mass is 32.3. The lowest BCUT2D eigenvalue weighted by Crippen LogP contribution is -2.15. The zero-order valence-electron chi connectivity index (χ0n) is 34.3. The molecule has 5 aromatic rings. The van der Waals surface area contributed by atoms with Gasteiger partial charge in [0.15, 0.2) is 15.8 Å². The van der Waals surface area contributed by atoms with Crippen molar-refractivity contribution in [3.8, 4) is 0 Å². The van der Waals surface area contributed by atoms with Crippen LogP contribution in [0.4, 0.5) is 56.9 Å². The molecule has 70 heavy (non-hydrogen) atoms. The predicted octanol–water partition coefficient (Wildman–Crippen LogP) is 5.85. The molecule has 0 amide bonds. The topological polar surface area (TPSA) is 492 Å². The van der Waals surface area contributed by atoms with Gasteiger partial charge in [0.2, 0.25) is 9.84 Å². The number of carboxylic acids is 1. The fourth-order valence-corrected chi connectivity index (χ4v) is 9.53. The standard InChI is InChI=1S/C34H30N10O20S6/c35-29-31(42-38-20-3-10-24(11-4-20)66(49,50)18-64-70(60,61)62)28(34(45)46)32(30(36)33(29)44-39-21-1-8-23(9-2-21)65(47,48)16-15-63-69(57,58)59)43-41-26-14-7-22(17-27(26)68(54,55)56)40-37-19-5-12-25(13-6-19)67(51,52)53/h1-14,17H,15-16,18,35-36H2,(H,45,46)(H,51,52,53)(H,54,55,56)(H,57,58,59)(H,60,61,62). The van der Waals surface area contributed by atoms with Gasteiger partial charge in [0.05, 0.1) is 61.2 Å². The van der Waals surface area contributed by atoms with Crippen molar-refractivity contribution in [2.45, 2.75) is 19.6 Å². The highest BCUT2D eigenvalue weighted by Gasteiger charge is 2.28. The lowest BCUT2D eigenvalue weighted by atomic mass is 10.1. The molecule has 5 aromatic carbocycles. The van der Waals surface area contributed by atoms with Crippen molar-refractivity contribution in [3.05, 3.63) is 96.6 Å². The molecule has 36 heteroatoms. The number of nitrogens with zero attached hydrogens (tertiary/aromatic N) is 8. The van der Waals surface area contributed by atoms with E-state index in [4.69, 9.17) is 20.6 Å². The number of sulfone groups is 2. The number of rotatable bonds is 20. The van der Waals surface area contributed by atoms with Crippen LogP contribution in [0, 0.1) is 0 Å². The Morgan fingerprint density at radius 2 is 0.871 bits per heavy atom. The molecular weight excluding hydrogens is 1060 g/mol. The van der Waals surface area contributed by atoms with Crippen LogP contribution in [0.1, 0.15) is 10.4 Å². The summed E-state index contributed by atoms with van der Waals surface area (Å²) in [4.78, 5) is 10.6. The lowest BCUT2D eigenvalue weighted by molar-refractivity contribution is 0.0698. The van der Waals surface area contributed by atoms with Gasteiger partial charge < -0.3 is 16.6 Å². The maximum Gasteiger partial charge on any atom is 0.398 e. The van der Waals surface area contributed by atoms with Crippen LogP contribution in [0.15, 0.2) is 151 Å². The van der Waals surface area contributed by atoms with Crippen LogP contribution in [0.3, 0.4) is 0 Å². The molecule has 0 saturated carbocycles. The first-order valence-electron chi connectivity index (χ1n) is 18.1. The first kappa shape index (κ1) is 54.0. The van der Waals surface area contributed by atoms with E-state index < -0.39 is 139 Å². The Labute approximate surface area is 395 Å². The third-order valence-electron chi connectivity index (χ3n) is 8.46. The van der Waals surface area contributed by atoms with Gasteiger partial charge in [-0.2, -0.15) is 54.1 Å². The highest BCUT2D eigenvalue weighted by Crippen LogP contribution is 2.49.